The molecular formula is C17H20N2O2. The van der Waals surface area contributed by atoms with E-state index in [1.54, 1.807) is 24.5 Å². The molecule has 1 N–H and O–H groups in total. The van der Waals surface area contributed by atoms with Crippen molar-refractivity contribution in [3.63, 3.8) is 0 Å². The maximum absolute atomic E-state index is 12.0. The Labute approximate surface area is 125 Å². The summed E-state index contributed by atoms with van der Waals surface area (Å²) in [6.45, 7) is 5.36. The van der Waals surface area contributed by atoms with E-state index in [0.717, 1.165) is 11.3 Å². The highest BCUT2D eigenvalue weighted by molar-refractivity contribution is 5.94. The van der Waals surface area contributed by atoms with Gasteiger partial charge in [-0.3, -0.25) is 9.78 Å². The Morgan fingerprint density at radius 1 is 1.14 bits per heavy atom. The van der Waals surface area contributed by atoms with Crippen molar-refractivity contribution in [2.75, 3.05) is 6.61 Å². The van der Waals surface area contributed by atoms with Crippen LogP contribution in [0.3, 0.4) is 0 Å². The van der Waals surface area contributed by atoms with Gasteiger partial charge in [0.2, 0.25) is 0 Å². The summed E-state index contributed by atoms with van der Waals surface area (Å²) < 4.78 is 5.59. The lowest BCUT2D eigenvalue weighted by Gasteiger charge is -2.09. The van der Waals surface area contributed by atoms with Crippen LogP contribution >= 0.6 is 0 Å². The van der Waals surface area contributed by atoms with Gasteiger partial charge in [-0.2, -0.15) is 0 Å². The summed E-state index contributed by atoms with van der Waals surface area (Å²) in [4.78, 5) is 16.0. The Morgan fingerprint density at radius 2 is 1.81 bits per heavy atom. The van der Waals surface area contributed by atoms with Crippen LogP contribution in [0.2, 0.25) is 0 Å². The van der Waals surface area contributed by atoms with E-state index in [1.807, 2.05) is 24.3 Å². The fourth-order valence-electron chi connectivity index (χ4n) is 1.75. The summed E-state index contributed by atoms with van der Waals surface area (Å²) in [6.07, 6.45) is 3.42. The number of nitrogens with zero attached hydrogens (tertiary/aromatic N) is 1. The lowest BCUT2D eigenvalue weighted by atomic mass is 10.2. The number of rotatable bonds is 6. The summed E-state index contributed by atoms with van der Waals surface area (Å²) in [7, 11) is 0. The third-order valence-corrected chi connectivity index (χ3v) is 2.90. The van der Waals surface area contributed by atoms with Crippen LogP contribution in [0.4, 0.5) is 0 Å². The van der Waals surface area contributed by atoms with Gasteiger partial charge in [0.25, 0.3) is 5.91 Å². The number of carbonyl (C=O) groups is 1. The van der Waals surface area contributed by atoms with E-state index in [2.05, 4.69) is 24.1 Å². The molecule has 1 aromatic heterocycles. The zero-order valence-electron chi connectivity index (χ0n) is 12.4. The third kappa shape index (κ3) is 4.91. The van der Waals surface area contributed by atoms with Crippen molar-refractivity contribution in [2.24, 2.45) is 5.92 Å². The Kier molecular flexibility index (Phi) is 5.32. The number of hydrogen-bond acceptors (Lipinski definition) is 3. The van der Waals surface area contributed by atoms with Crippen molar-refractivity contribution in [3.8, 4) is 5.75 Å². The van der Waals surface area contributed by atoms with Gasteiger partial charge >= 0.3 is 0 Å². The van der Waals surface area contributed by atoms with E-state index in [0.29, 0.717) is 24.6 Å². The summed E-state index contributed by atoms with van der Waals surface area (Å²) >= 11 is 0. The Morgan fingerprint density at radius 3 is 2.43 bits per heavy atom. The summed E-state index contributed by atoms with van der Waals surface area (Å²) in [5, 5.41) is 2.88. The minimum Gasteiger partial charge on any atom is -0.493 e. The normalized spacial score (nSPS) is 10.4. The largest absolute Gasteiger partial charge is 0.493 e. The first-order valence-electron chi connectivity index (χ1n) is 7.05. The minimum absolute atomic E-state index is 0.0952. The topological polar surface area (TPSA) is 51.2 Å². The molecule has 0 atom stereocenters. The minimum atomic E-state index is -0.0952. The van der Waals surface area contributed by atoms with Crippen molar-refractivity contribution >= 4 is 5.91 Å². The average Bonchev–Trinajstić information content (AvgIpc) is 2.52. The van der Waals surface area contributed by atoms with Crippen LogP contribution in [0.25, 0.3) is 0 Å². The molecule has 0 aliphatic rings. The summed E-state index contributed by atoms with van der Waals surface area (Å²) in [5.74, 6) is 1.17. The molecule has 2 aromatic rings. The van der Waals surface area contributed by atoms with E-state index in [-0.39, 0.29) is 5.91 Å². The molecular weight excluding hydrogens is 264 g/mol. The van der Waals surface area contributed by atoms with E-state index in [1.165, 1.54) is 0 Å². The molecule has 110 valence electrons. The van der Waals surface area contributed by atoms with Crippen LogP contribution in [0, 0.1) is 5.92 Å². The SMILES string of the molecule is CC(C)COc1ccc(C(=O)NCc2ccncc2)cc1. The molecule has 4 nitrogen and oxygen atoms in total. The van der Waals surface area contributed by atoms with E-state index >= 15 is 0 Å². The number of carbonyl (C=O) groups excluding carboxylic acids is 1. The number of ether oxygens (including phenoxy) is 1. The molecule has 21 heavy (non-hydrogen) atoms. The van der Waals surface area contributed by atoms with Gasteiger partial charge in [0.15, 0.2) is 0 Å². The molecule has 2 rings (SSSR count). The quantitative estimate of drug-likeness (QED) is 0.887. The number of hydrogen-bond donors (Lipinski definition) is 1. The van der Waals surface area contributed by atoms with Gasteiger partial charge in [0.1, 0.15) is 5.75 Å². The highest BCUT2D eigenvalue weighted by Crippen LogP contribution is 2.13. The van der Waals surface area contributed by atoms with Gasteiger partial charge in [0, 0.05) is 24.5 Å². The first-order chi connectivity index (χ1) is 10.1. The molecule has 1 aromatic carbocycles. The lowest BCUT2D eigenvalue weighted by Crippen LogP contribution is -2.22. The monoisotopic (exact) mass is 284 g/mol. The predicted molar refractivity (Wildman–Crippen MR) is 82.2 cm³/mol. The first-order valence-corrected chi connectivity index (χ1v) is 7.05. The number of benzene rings is 1. The highest BCUT2D eigenvalue weighted by atomic mass is 16.5. The van der Waals surface area contributed by atoms with Crippen molar-refractivity contribution in [1.82, 2.24) is 10.3 Å². The molecule has 0 saturated heterocycles. The number of amides is 1. The Balaban J connectivity index is 1.88. The van der Waals surface area contributed by atoms with Gasteiger partial charge in [-0.05, 0) is 47.9 Å². The lowest BCUT2D eigenvalue weighted by molar-refractivity contribution is 0.0951. The summed E-state index contributed by atoms with van der Waals surface area (Å²) in [5.41, 5.74) is 1.65. The molecule has 0 bridgehead atoms. The third-order valence-electron chi connectivity index (χ3n) is 2.90. The van der Waals surface area contributed by atoms with Crippen molar-refractivity contribution < 1.29 is 9.53 Å². The smallest absolute Gasteiger partial charge is 0.251 e. The second-order valence-corrected chi connectivity index (χ2v) is 5.27. The van der Waals surface area contributed by atoms with Gasteiger partial charge in [0.05, 0.1) is 6.61 Å². The van der Waals surface area contributed by atoms with Crippen LogP contribution in [0.15, 0.2) is 48.8 Å². The maximum Gasteiger partial charge on any atom is 0.251 e. The summed E-state index contributed by atoms with van der Waals surface area (Å²) in [6, 6.07) is 11.0. The number of aromatic nitrogens is 1. The second kappa shape index (κ2) is 7.43. The molecule has 1 heterocycles. The van der Waals surface area contributed by atoms with Gasteiger partial charge in [-0.25, -0.2) is 0 Å². The van der Waals surface area contributed by atoms with Gasteiger partial charge < -0.3 is 10.1 Å². The van der Waals surface area contributed by atoms with Crippen LogP contribution in [-0.4, -0.2) is 17.5 Å². The van der Waals surface area contributed by atoms with Crippen molar-refractivity contribution in [1.29, 1.82) is 0 Å². The van der Waals surface area contributed by atoms with Crippen LogP contribution < -0.4 is 10.1 Å². The van der Waals surface area contributed by atoms with E-state index in [4.69, 9.17) is 4.74 Å². The molecule has 0 fully saturated rings. The van der Waals surface area contributed by atoms with Crippen LogP contribution in [-0.2, 0) is 6.54 Å². The predicted octanol–water partition coefficient (Wildman–Crippen LogP) is 3.05. The van der Waals surface area contributed by atoms with Crippen molar-refractivity contribution in [2.45, 2.75) is 20.4 Å². The zero-order chi connectivity index (χ0) is 15.1. The highest BCUT2D eigenvalue weighted by Gasteiger charge is 2.05. The zero-order valence-corrected chi connectivity index (χ0v) is 12.4. The first kappa shape index (κ1) is 15.0. The van der Waals surface area contributed by atoms with Crippen LogP contribution in [0.5, 0.6) is 5.75 Å². The Bertz CT molecular complexity index is 565. The molecule has 4 heteroatoms. The molecule has 0 spiro atoms. The van der Waals surface area contributed by atoms with Gasteiger partial charge in [-0.15, -0.1) is 0 Å². The Hall–Kier alpha value is -2.36. The van der Waals surface area contributed by atoms with Crippen LogP contribution in [0.1, 0.15) is 29.8 Å². The fraction of sp³-hybridized carbons (Fsp3) is 0.294. The van der Waals surface area contributed by atoms with Gasteiger partial charge in [-0.1, -0.05) is 13.8 Å². The maximum atomic E-state index is 12.0. The average molecular weight is 284 g/mol. The molecule has 0 aliphatic carbocycles. The second-order valence-electron chi connectivity index (χ2n) is 5.27. The standard InChI is InChI=1S/C17H20N2O2/c1-13(2)12-21-16-5-3-15(4-6-16)17(20)19-11-14-7-9-18-10-8-14/h3-10,13H,11-12H2,1-2H3,(H,19,20). The number of pyridine rings is 1. The molecule has 1 amide bonds. The number of nitrogens with one attached hydrogen (secondary N) is 1. The van der Waals surface area contributed by atoms with Crippen molar-refractivity contribution in [3.05, 3.63) is 59.9 Å². The van der Waals surface area contributed by atoms with E-state index in [9.17, 15) is 4.79 Å². The fourth-order valence-corrected chi connectivity index (χ4v) is 1.75. The van der Waals surface area contributed by atoms with E-state index < -0.39 is 0 Å². The molecule has 0 radical (unpaired) electrons. The molecule has 0 unspecified atom stereocenters. The molecule has 0 saturated carbocycles. The molecule has 0 aliphatic heterocycles.